The minimum atomic E-state index is -0.152. The van der Waals surface area contributed by atoms with Crippen molar-refractivity contribution in [3.8, 4) is 0 Å². The Kier molecular flexibility index (Phi) is 6.41. The molecular weight excluding hydrogens is 218 g/mol. The first-order valence-corrected chi connectivity index (χ1v) is 6.75. The van der Waals surface area contributed by atoms with Crippen molar-refractivity contribution in [1.29, 1.82) is 0 Å². The van der Waals surface area contributed by atoms with Crippen LogP contribution in [0.4, 0.5) is 0 Å². The van der Waals surface area contributed by atoms with Gasteiger partial charge < -0.3 is 14.2 Å². The van der Waals surface area contributed by atoms with Crippen molar-refractivity contribution in [2.45, 2.75) is 45.9 Å². The third-order valence-electron chi connectivity index (χ3n) is 3.59. The second kappa shape index (κ2) is 7.31. The summed E-state index contributed by atoms with van der Waals surface area (Å²) in [4.78, 5) is 2.44. The van der Waals surface area contributed by atoms with Crippen molar-refractivity contribution in [2.24, 2.45) is 0 Å². The maximum Gasteiger partial charge on any atom is 0.175 e. The summed E-state index contributed by atoms with van der Waals surface area (Å²) in [6.45, 7) is 13.4. The van der Waals surface area contributed by atoms with Crippen LogP contribution in [0.5, 0.6) is 0 Å². The van der Waals surface area contributed by atoms with Crippen molar-refractivity contribution >= 4 is 0 Å². The van der Waals surface area contributed by atoms with Gasteiger partial charge in [-0.05, 0) is 27.2 Å². The van der Waals surface area contributed by atoms with Crippen LogP contribution in [-0.4, -0.2) is 56.2 Å². The lowest BCUT2D eigenvalue weighted by molar-refractivity contribution is -0.215. The van der Waals surface area contributed by atoms with Gasteiger partial charge in [0.1, 0.15) is 0 Å². The molecule has 1 fully saturated rings. The first-order valence-electron chi connectivity index (χ1n) is 6.75. The largest absolute Gasteiger partial charge is 0.379 e. The van der Waals surface area contributed by atoms with E-state index in [1.807, 2.05) is 13.8 Å². The molecule has 1 atom stereocenters. The number of hydrogen-bond donors (Lipinski definition) is 0. The topological polar surface area (TPSA) is 30.9 Å². The van der Waals surface area contributed by atoms with Gasteiger partial charge in [0, 0.05) is 26.3 Å². The highest BCUT2D eigenvalue weighted by Gasteiger charge is 2.40. The van der Waals surface area contributed by atoms with E-state index in [1.165, 1.54) is 0 Å². The molecule has 102 valence electrons. The summed E-state index contributed by atoms with van der Waals surface area (Å²) in [5.74, 6) is 0. The number of ether oxygens (including phenoxy) is 3. The molecular formula is C13H27NO3. The zero-order valence-corrected chi connectivity index (χ0v) is 11.7. The molecule has 4 nitrogen and oxygen atoms in total. The van der Waals surface area contributed by atoms with Crippen LogP contribution in [0.1, 0.15) is 34.1 Å². The highest BCUT2D eigenvalue weighted by Crippen LogP contribution is 2.27. The Hall–Kier alpha value is -0.160. The fourth-order valence-electron chi connectivity index (χ4n) is 2.32. The van der Waals surface area contributed by atoms with Gasteiger partial charge in [0.15, 0.2) is 6.29 Å². The van der Waals surface area contributed by atoms with Gasteiger partial charge in [0.05, 0.1) is 18.8 Å². The molecule has 1 heterocycles. The van der Waals surface area contributed by atoms with Gasteiger partial charge >= 0.3 is 0 Å². The molecule has 0 amide bonds. The molecule has 0 spiro atoms. The molecule has 0 aliphatic carbocycles. The quantitative estimate of drug-likeness (QED) is 0.641. The summed E-state index contributed by atoms with van der Waals surface area (Å²) >= 11 is 0. The first kappa shape index (κ1) is 14.9. The van der Waals surface area contributed by atoms with Gasteiger partial charge in [-0.1, -0.05) is 6.92 Å². The number of nitrogens with zero attached hydrogens (tertiary/aromatic N) is 1. The normalized spacial score (nSPS) is 21.7. The molecule has 0 aromatic heterocycles. The lowest BCUT2D eigenvalue weighted by Gasteiger charge is -2.46. The monoisotopic (exact) mass is 245 g/mol. The summed E-state index contributed by atoms with van der Waals surface area (Å²) in [5, 5.41) is 0. The zero-order chi connectivity index (χ0) is 12.7. The lowest BCUT2D eigenvalue weighted by atomic mass is 9.94. The van der Waals surface area contributed by atoms with E-state index >= 15 is 0 Å². The van der Waals surface area contributed by atoms with E-state index in [-0.39, 0.29) is 11.8 Å². The summed E-state index contributed by atoms with van der Waals surface area (Å²) in [6, 6.07) is 0. The molecule has 1 unspecified atom stereocenters. The van der Waals surface area contributed by atoms with E-state index < -0.39 is 0 Å². The molecule has 0 aromatic rings. The first-order chi connectivity index (χ1) is 8.19. The Morgan fingerprint density at radius 3 is 2.06 bits per heavy atom. The highest BCUT2D eigenvalue weighted by atomic mass is 16.7. The molecule has 4 heteroatoms. The second-order valence-electron chi connectivity index (χ2n) is 4.55. The van der Waals surface area contributed by atoms with Crippen molar-refractivity contribution < 1.29 is 14.2 Å². The van der Waals surface area contributed by atoms with Crippen LogP contribution in [0.2, 0.25) is 0 Å². The van der Waals surface area contributed by atoms with Crippen molar-refractivity contribution in [3.05, 3.63) is 0 Å². The molecule has 0 bridgehead atoms. The summed E-state index contributed by atoms with van der Waals surface area (Å²) in [7, 11) is 0. The third-order valence-corrected chi connectivity index (χ3v) is 3.59. The predicted molar refractivity (Wildman–Crippen MR) is 68.1 cm³/mol. The molecule has 1 aliphatic rings. The SMILES string of the molecule is CCOC(OCC)C(C)(CC)N1CCOCC1. The maximum atomic E-state index is 5.79. The summed E-state index contributed by atoms with van der Waals surface area (Å²) in [5.41, 5.74) is -0.0597. The molecule has 1 saturated heterocycles. The van der Waals surface area contributed by atoms with Crippen molar-refractivity contribution in [2.75, 3.05) is 39.5 Å². The Morgan fingerprint density at radius 1 is 1.12 bits per heavy atom. The highest BCUT2D eigenvalue weighted by molar-refractivity contribution is 4.90. The van der Waals surface area contributed by atoms with Crippen LogP contribution < -0.4 is 0 Å². The molecule has 0 N–H and O–H groups in total. The smallest absolute Gasteiger partial charge is 0.175 e. The van der Waals surface area contributed by atoms with E-state index in [0.717, 1.165) is 32.7 Å². The van der Waals surface area contributed by atoms with Crippen molar-refractivity contribution in [1.82, 2.24) is 4.90 Å². The number of rotatable bonds is 7. The third kappa shape index (κ3) is 3.65. The Balaban J connectivity index is 2.73. The minimum Gasteiger partial charge on any atom is -0.379 e. The van der Waals surface area contributed by atoms with Crippen molar-refractivity contribution in [3.63, 3.8) is 0 Å². The van der Waals surface area contributed by atoms with Gasteiger partial charge in [0.2, 0.25) is 0 Å². The molecule has 0 aromatic carbocycles. The average Bonchev–Trinajstić information content (AvgIpc) is 2.38. The van der Waals surface area contributed by atoms with E-state index in [0.29, 0.717) is 13.2 Å². The maximum absolute atomic E-state index is 5.79. The van der Waals surface area contributed by atoms with E-state index in [9.17, 15) is 0 Å². The fraction of sp³-hybridized carbons (Fsp3) is 1.00. The Labute approximate surface area is 105 Å². The van der Waals surface area contributed by atoms with Gasteiger partial charge in [-0.15, -0.1) is 0 Å². The van der Waals surface area contributed by atoms with Crippen LogP contribution >= 0.6 is 0 Å². The molecule has 1 rings (SSSR count). The summed E-state index contributed by atoms with van der Waals surface area (Å²) < 4.78 is 17.0. The summed E-state index contributed by atoms with van der Waals surface area (Å²) in [6.07, 6.45) is 0.859. The predicted octanol–water partition coefficient (Wildman–Crippen LogP) is 1.89. The van der Waals surface area contributed by atoms with E-state index in [2.05, 4.69) is 18.7 Å². The van der Waals surface area contributed by atoms with E-state index in [1.54, 1.807) is 0 Å². The van der Waals surface area contributed by atoms with Crippen LogP contribution in [-0.2, 0) is 14.2 Å². The van der Waals surface area contributed by atoms with Gasteiger partial charge in [0.25, 0.3) is 0 Å². The molecule has 1 aliphatic heterocycles. The van der Waals surface area contributed by atoms with Gasteiger partial charge in [-0.2, -0.15) is 0 Å². The van der Waals surface area contributed by atoms with Crippen LogP contribution in [0.25, 0.3) is 0 Å². The number of morpholine rings is 1. The van der Waals surface area contributed by atoms with Crippen LogP contribution in [0, 0.1) is 0 Å². The average molecular weight is 245 g/mol. The molecule has 0 radical (unpaired) electrons. The molecule has 17 heavy (non-hydrogen) atoms. The lowest BCUT2D eigenvalue weighted by Crippen LogP contribution is -2.59. The molecule has 0 saturated carbocycles. The van der Waals surface area contributed by atoms with Crippen LogP contribution in [0.15, 0.2) is 0 Å². The van der Waals surface area contributed by atoms with E-state index in [4.69, 9.17) is 14.2 Å². The zero-order valence-electron chi connectivity index (χ0n) is 11.7. The fourth-order valence-corrected chi connectivity index (χ4v) is 2.32. The van der Waals surface area contributed by atoms with Gasteiger partial charge in [-0.25, -0.2) is 0 Å². The Morgan fingerprint density at radius 2 is 1.65 bits per heavy atom. The Bertz CT molecular complexity index is 201. The second-order valence-corrected chi connectivity index (χ2v) is 4.55. The van der Waals surface area contributed by atoms with Gasteiger partial charge in [-0.3, -0.25) is 4.90 Å². The number of hydrogen-bond acceptors (Lipinski definition) is 4. The van der Waals surface area contributed by atoms with Crippen LogP contribution in [0.3, 0.4) is 0 Å². The minimum absolute atomic E-state index is 0.0597. The standard InChI is InChI=1S/C13H27NO3/c1-5-13(4,12(16-6-2)17-7-3)14-8-10-15-11-9-14/h12H,5-11H2,1-4H3.